The first-order valence-corrected chi connectivity index (χ1v) is 18.7. The van der Waals surface area contributed by atoms with Gasteiger partial charge >= 0.3 is 0 Å². The molecular formula is C27H26I2N2O5S2. The van der Waals surface area contributed by atoms with E-state index < -0.39 is 0 Å². The van der Waals surface area contributed by atoms with Gasteiger partial charge in [0.15, 0.2) is 5.75 Å². The van der Waals surface area contributed by atoms with Crippen molar-refractivity contribution < 1.29 is 22.6 Å². The molecular weight excluding hydrogens is 750 g/mol. The topological polar surface area (TPSA) is 69.3 Å². The summed E-state index contributed by atoms with van der Waals surface area (Å²) in [5.41, 5.74) is 5.08. The van der Waals surface area contributed by atoms with Crippen molar-refractivity contribution >= 4 is 66.7 Å². The predicted molar refractivity (Wildman–Crippen MR) is 168 cm³/mol. The predicted octanol–water partition coefficient (Wildman–Crippen LogP) is 6.71. The van der Waals surface area contributed by atoms with Crippen LogP contribution in [0.4, 0.5) is 0 Å². The highest BCUT2D eigenvalue weighted by Crippen LogP contribution is 2.40. The number of benzene rings is 3. The van der Waals surface area contributed by atoms with Crippen LogP contribution in [-0.2, 0) is 30.9 Å². The maximum absolute atomic E-state index is 14.0. The van der Waals surface area contributed by atoms with Crippen LogP contribution in [0.1, 0.15) is 32.6 Å². The maximum atomic E-state index is 14.0. The van der Waals surface area contributed by atoms with Gasteiger partial charge < -0.3 is 28.1 Å². The Morgan fingerprint density at radius 1 is 0.974 bits per heavy atom. The molecule has 1 saturated heterocycles. The van der Waals surface area contributed by atoms with Crippen molar-refractivity contribution in [3.63, 3.8) is 0 Å². The van der Waals surface area contributed by atoms with Crippen LogP contribution in [0.2, 0.25) is 0 Å². The van der Waals surface area contributed by atoms with Crippen LogP contribution in [0.15, 0.2) is 60.7 Å². The Morgan fingerprint density at radius 3 is 2.50 bits per heavy atom. The molecule has 0 saturated carbocycles. The van der Waals surface area contributed by atoms with E-state index in [1.54, 1.807) is 12.1 Å². The molecule has 200 valence electrons. The molecule has 1 N–H and O–H groups in total. The molecule has 2 aliphatic rings. The average molecular weight is 776 g/mol. The molecule has 0 spiro atoms. The van der Waals surface area contributed by atoms with Crippen molar-refractivity contribution in [3.05, 3.63) is 88.5 Å². The number of hydrogen-bond donors (Lipinski definition) is 1. The van der Waals surface area contributed by atoms with Crippen LogP contribution in [0.3, 0.4) is 0 Å². The summed E-state index contributed by atoms with van der Waals surface area (Å²) in [5.74, 6) is 1.30. The summed E-state index contributed by atoms with van der Waals surface area (Å²) >= 11 is 4.11. The van der Waals surface area contributed by atoms with E-state index in [1.807, 2.05) is 35.2 Å². The van der Waals surface area contributed by atoms with Gasteiger partial charge in [-0.2, -0.15) is 0 Å². The van der Waals surface area contributed by atoms with Crippen LogP contribution >= 0.6 is 60.8 Å². The Balaban J connectivity index is 1.40. The number of hydrogen-bond acceptors (Lipinski definition) is 8. The maximum Gasteiger partial charge on any atom is 0.261 e. The number of carbonyl (C=O) groups is 1. The molecule has 0 bridgehead atoms. The normalized spacial score (nSPS) is 14.9. The van der Waals surface area contributed by atoms with Gasteiger partial charge in [0.2, 0.25) is 0 Å². The van der Waals surface area contributed by atoms with Gasteiger partial charge in [0, 0.05) is 74.2 Å². The van der Waals surface area contributed by atoms with Crippen molar-refractivity contribution in [1.82, 2.24) is 10.2 Å². The summed E-state index contributed by atoms with van der Waals surface area (Å²) in [6.07, 6.45) is 0.801. The number of amides is 1. The first-order chi connectivity index (χ1) is 18.6. The Bertz CT molecular complexity index is 1260. The SMILES string of the molecule is O=C(c1c(OCc2ccccc2)cc(OSI)cc1OSI)N1CCc2ccc(CNC3COC3)cc2C1. The van der Waals surface area contributed by atoms with Crippen molar-refractivity contribution in [2.45, 2.75) is 32.2 Å². The van der Waals surface area contributed by atoms with Gasteiger partial charge in [-0.15, -0.1) is 0 Å². The zero-order valence-electron chi connectivity index (χ0n) is 20.4. The lowest BCUT2D eigenvalue weighted by molar-refractivity contribution is -0.00579. The third kappa shape index (κ3) is 7.02. The van der Waals surface area contributed by atoms with Gasteiger partial charge in [-0.25, -0.2) is 0 Å². The summed E-state index contributed by atoms with van der Waals surface area (Å²) < 4.78 is 23.0. The standard InChI is InChI=1S/C27H26I2N2O5S2/c28-37-35-23-11-24(34-15-18-4-2-1-3-5-18)26(25(12-23)36-38-29)27(32)31-9-8-20-7-6-19(10-21(20)14-31)13-30-22-16-33-17-22/h1-7,10-12,22,30H,8-9,13-17H2. The quantitative estimate of drug-likeness (QED) is 0.171. The number of fused-ring (bicyclic) bond motifs is 1. The molecule has 38 heavy (non-hydrogen) atoms. The van der Waals surface area contributed by atoms with E-state index in [0.29, 0.717) is 48.6 Å². The van der Waals surface area contributed by atoms with Gasteiger partial charge in [-0.05, 0) is 28.7 Å². The summed E-state index contributed by atoms with van der Waals surface area (Å²) in [6.45, 7) is 3.80. The molecule has 1 fully saturated rings. The van der Waals surface area contributed by atoms with Crippen LogP contribution in [0.25, 0.3) is 0 Å². The molecule has 1 amide bonds. The van der Waals surface area contributed by atoms with Crippen LogP contribution in [0.5, 0.6) is 17.2 Å². The van der Waals surface area contributed by atoms with E-state index in [4.69, 9.17) is 17.8 Å². The van der Waals surface area contributed by atoms with Crippen molar-refractivity contribution in [2.75, 3.05) is 19.8 Å². The molecule has 0 aliphatic carbocycles. The number of halogens is 2. The summed E-state index contributed by atoms with van der Waals surface area (Å²) in [4.78, 5) is 15.9. The van der Waals surface area contributed by atoms with Crippen molar-refractivity contribution in [3.8, 4) is 17.2 Å². The highest BCUT2D eigenvalue weighted by Gasteiger charge is 2.29. The molecule has 0 unspecified atom stereocenters. The molecule has 2 heterocycles. The lowest BCUT2D eigenvalue weighted by Crippen LogP contribution is -2.45. The Kier molecular flexibility index (Phi) is 10.2. The zero-order valence-corrected chi connectivity index (χ0v) is 26.3. The van der Waals surface area contributed by atoms with Gasteiger partial charge in [-0.3, -0.25) is 4.79 Å². The second-order valence-electron chi connectivity index (χ2n) is 9.06. The molecule has 3 aromatic rings. The third-order valence-electron chi connectivity index (χ3n) is 6.54. The van der Waals surface area contributed by atoms with Crippen LogP contribution < -0.4 is 18.4 Å². The lowest BCUT2D eigenvalue weighted by atomic mass is 9.96. The fourth-order valence-electron chi connectivity index (χ4n) is 4.48. The third-order valence-corrected chi connectivity index (χ3v) is 8.12. The Hall–Kier alpha value is -1.39. The average Bonchev–Trinajstić information content (AvgIpc) is 2.91. The highest BCUT2D eigenvalue weighted by atomic mass is 127. The number of rotatable bonds is 11. The van der Waals surface area contributed by atoms with Crippen molar-refractivity contribution in [1.29, 1.82) is 0 Å². The summed E-state index contributed by atoms with van der Waals surface area (Å²) in [5, 5.41) is 3.52. The van der Waals surface area contributed by atoms with E-state index in [-0.39, 0.29) is 5.91 Å². The molecule has 5 rings (SSSR count). The lowest BCUT2D eigenvalue weighted by Gasteiger charge is -2.31. The molecule has 0 atom stereocenters. The summed E-state index contributed by atoms with van der Waals surface area (Å²) in [7, 11) is 2.35. The molecule has 2 aliphatic heterocycles. The minimum Gasteiger partial charge on any atom is -0.488 e. The molecule has 0 aromatic heterocycles. The van der Waals surface area contributed by atoms with Gasteiger partial charge in [0.1, 0.15) is 42.1 Å². The second-order valence-corrected chi connectivity index (χ2v) is 11.8. The van der Waals surface area contributed by atoms with Gasteiger partial charge in [-0.1, -0.05) is 48.5 Å². The van der Waals surface area contributed by atoms with E-state index in [2.05, 4.69) is 65.9 Å². The summed E-state index contributed by atoms with van der Waals surface area (Å²) in [6, 6.07) is 20.4. The highest BCUT2D eigenvalue weighted by molar-refractivity contribution is 14.2. The first-order valence-electron chi connectivity index (χ1n) is 12.1. The fraction of sp³-hybridized carbons (Fsp3) is 0.296. The number of carbonyl (C=O) groups excluding carboxylic acids is 1. The fourth-order valence-corrected chi connectivity index (χ4v) is 6.05. The number of ether oxygens (including phenoxy) is 2. The van der Waals surface area contributed by atoms with E-state index in [0.717, 1.165) is 41.0 Å². The molecule has 3 aromatic carbocycles. The largest absolute Gasteiger partial charge is 0.488 e. The van der Waals surface area contributed by atoms with E-state index in [9.17, 15) is 4.79 Å². The van der Waals surface area contributed by atoms with Crippen LogP contribution in [0, 0.1) is 0 Å². The number of nitrogens with zero attached hydrogens (tertiary/aromatic N) is 1. The molecule has 11 heteroatoms. The zero-order chi connectivity index (χ0) is 26.3. The van der Waals surface area contributed by atoms with Crippen molar-refractivity contribution in [2.24, 2.45) is 0 Å². The van der Waals surface area contributed by atoms with Gasteiger partial charge in [0.05, 0.1) is 19.3 Å². The minimum absolute atomic E-state index is 0.122. The van der Waals surface area contributed by atoms with Crippen LogP contribution in [-0.4, -0.2) is 36.6 Å². The smallest absolute Gasteiger partial charge is 0.261 e. The molecule has 0 radical (unpaired) electrons. The second kappa shape index (κ2) is 13.8. The van der Waals surface area contributed by atoms with Gasteiger partial charge in [0.25, 0.3) is 5.91 Å². The van der Waals surface area contributed by atoms with E-state index >= 15 is 0 Å². The Morgan fingerprint density at radius 2 is 1.76 bits per heavy atom. The van der Waals surface area contributed by atoms with E-state index in [1.165, 1.54) is 25.9 Å². The Labute approximate surface area is 255 Å². The first kappa shape index (κ1) is 28.1. The minimum atomic E-state index is -0.122. The number of nitrogens with one attached hydrogen (secondary N) is 1. The molecule has 7 nitrogen and oxygen atoms in total. The monoisotopic (exact) mass is 776 g/mol.